The van der Waals surface area contributed by atoms with Crippen LogP contribution in [-0.2, 0) is 0 Å². The zero-order valence-corrected chi connectivity index (χ0v) is 14.5. The predicted octanol–water partition coefficient (Wildman–Crippen LogP) is 5.39. The minimum absolute atomic E-state index is 1.19. The summed E-state index contributed by atoms with van der Waals surface area (Å²) in [5.74, 6) is 0. The molecule has 0 aliphatic heterocycles. The second kappa shape index (κ2) is 19.0. The number of nitrogens with one attached hydrogen (secondary N) is 1. The average Bonchev–Trinajstić information content (AvgIpc) is 2.47. The van der Waals surface area contributed by atoms with Gasteiger partial charge < -0.3 is 5.23 Å². The van der Waals surface area contributed by atoms with Crippen LogP contribution in [0.25, 0.3) is 0 Å². The Bertz CT molecular complexity index is 143. The largest absolute Gasteiger partial charge is 0.362 e. The second-order valence-corrected chi connectivity index (χ2v) is 6.41. The van der Waals surface area contributed by atoms with E-state index in [4.69, 9.17) is 0 Å². The molecule has 120 valence electrons. The van der Waals surface area contributed by atoms with Crippen molar-refractivity contribution in [3.8, 4) is 0 Å². The molecule has 0 radical (unpaired) electrons. The molecule has 0 saturated heterocycles. The minimum Gasteiger partial charge on any atom is -0.362 e. The highest BCUT2D eigenvalue weighted by Gasteiger charge is 1.94. The zero-order chi connectivity index (χ0) is 14.7. The molecule has 0 aliphatic rings. The molecule has 0 aliphatic carbocycles. The molecule has 0 heterocycles. The highest BCUT2D eigenvalue weighted by atomic mass is 14.7. The van der Waals surface area contributed by atoms with Crippen LogP contribution in [0.4, 0.5) is 0 Å². The van der Waals surface area contributed by atoms with Crippen LogP contribution in [0.3, 0.4) is 0 Å². The first-order chi connectivity index (χ1) is 9.91. The summed E-state index contributed by atoms with van der Waals surface area (Å²) in [6.45, 7) is 3.49. The van der Waals surface area contributed by atoms with Crippen molar-refractivity contribution in [3.63, 3.8) is 0 Å². The van der Waals surface area contributed by atoms with Crippen molar-refractivity contribution < 1.29 is 0 Å². The SMILES string of the molecule is BNCCCCCCCCCCCCCCCCCC. The Hall–Kier alpha value is 0.0249. The fraction of sp³-hybridized carbons (Fsp3) is 1.00. The fourth-order valence-electron chi connectivity index (χ4n) is 2.85. The van der Waals surface area contributed by atoms with Gasteiger partial charge in [-0.05, 0) is 13.0 Å². The van der Waals surface area contributed by atoms with Crippen LogP contribution in [0.1, 0.15) is 110 Å². The molecule has 0 rings (SSSR count). The average molecular weight is 281 g/mol. The first-order valence-corrected chi connectivity index (χ1v) is 9.56. The number of hydrogen-bond donors (Lipinski definition) is 1. The Kier molecular flexibility index (Phi) is 19.0. The van der Waals surface area contributed by atoms with E-state index in [0.29, 0.717) is 0 Å². The second-order valence-electron chi connectivity index (χ2n) is 6.41. The first kappa shape index (κ1) is 20.0. The summed E-state index contributed by atoms with van der Waals surface area (Å²) in [5, 5.41) is 3.22. The lowest BCUT2D eigenvalue weighted by Crippen LogP contribution is -2.09. The summed E-state index contributed by atoms with van der Waals surface area (Å²) in [6.07, 6.45) is 23.2. The van der Waals surface area contributed by atoms with Gasteiger partial charge in [-0.25, -0.2) is 0 Å². The summed E-state index contributed by atoms with van der Waals surface area (Å²) >= 11 is 0. The number of hydrogen-bond acceptors (Lipinski definition) is 1. The van der Waals surface area contributed by atoms with E-state index < -0.39 is 0 Å². The molecule has 0 bridgehead atoms. The first-order valence-electron chi connectivity index (χ1n) is 9.56. The van der Waals surface area contributed by atoms with Crippen molar-refractivity contribution in [2.24, 2.45) is 0 Å². The standard InChI is InChI=1S/C18H40BN/c1-2-3-4-5-6-7-8-9-10-11-12-13-14-15-16-17-18-20-19/h20H,2-19H2,1H3. The molecule has 0 amide bonds. The molecule has 0 spiro atoms. The minimum atomic E-state index is 1.19. The molecule has 0 aromatic rings. The molecule has 2 heteroatoms. The van der Waals surface area contributed by atoms with Crippen molar-refractivity contribution in [1.29, 1.82) is 0 Å². The number of unbranched alkanes of at least 4 members (excludes halogenated alkanes) is 15. The molecule has 0 aromatic carbocycles. The normalized spacial score (nSPS) is 11.1. The van der Waals surface area contributed by atoms with Gasteiger partial charge in [0.05, 0.1) is 0 Å². The molecule has 1 nitrogen and oxygen atoms in total. The van der Waals surface area contributed by atoms with E-state index in [9.17, 15) is 0 Å². The van der Waals surface area contributed by atoms with Gasteiger partial charge in [-0.2, -0.15) is 0 Å². The molecular formula is C18H40BN. The highest BCUT2D eigenvalue weighted by molar-refractivity contribution is 6.04. The summed E-state index contributed by atoms with van der Waals surface area (Å²) in [6, 6.07) is 0. The van der Waals surface area contributed by atoms with Gasteiger partial charge in [0.1, 0.15) is 0 Å². The summed E-state index contributed by atoms with van der Waals surface area (Å²) in [4.78, 5) is 0. The maximum Gasteiger partial charge on any atom is 0.181 e. The van der Waals surface area contributed by atoms with Gasteiger partial charge in [0.15, 0.2) is 7.98 Å². The van der Waals surface area contributed by atoms with Crippen molar-refractivity contribution in [3.05, 3.63) is 0 Å². The lowest BCUT2D eigenvalue weighted by molar-refractivity contribution is 0.529. The van der Waals surface area contributed by atoms with Gasteiger partial charge in [-0.15, -0.1) is 0 Å². The molecule has 1 N–H and O–H groups in total. The molecule has 0 atom stereocenters. The number of rotatable bonds is 17. The summed E-state index contributed by atoms with van der Waals surface area (Å²) < 4.78 is 0. The van der Waals surface area contributed by atoms with E-state index in [1.54, 1.807) is 0 Å². The van der Waals surface area contributed by atoms with Crippen molar-refractivity contribution in [1.82, 2.24) is 5.23 Å². The summed E-state index contributed by atoms with van der Waals surface area (Å²) in [5.41, 5.74) is 0. The summed E-state index contributed by atoms with van der Waals surface area (Å²) in [7, 11) is 2.05. The molecule has 0 saturated carbocycles. The van der Waals surface area contributed by atoms with E-state index in [0.717, 1.165) is 0 Å². The van der Waals surface area contributed by atoms with Crippen LogP contribution in [0.2, 0.25) is 0 Å². The lowest BCUT2D eigenvalue weighted by Gasteiger charge is -2.03. The van der Waals surface area contributed by atoms with E-state index in [1.165, 1.54) is 109 Å². The monoisotopic (exact) mass is 281 g/mol. The quantitative estimate of drug-likeness (QED) is 0.278. The zero-order valence-electron chi connectivity index (χ0n) is 14.5. The van der Waals surface area contributed by atoms with Crippen LogP contribution in [0.5, 0.6) is 0 Å². The Balaban J connectivity index is 2.89. The highest BCUT2D eigenvalue weighted by Crippen LogP contribution is 2.13. The third-order valence-corrected chi connectivity index (χ3v) is 4.28. The van der Waals surface area contributed by atoms with Gasteiger partial charge in [0.25, 0.3) is 0 Å². The van der Waals surface area contributed by atoms with E-state index in [2.05, 4.69) is 12.2 Å². The molecule has 20 heavy (non-hydrogen) atoms. The topological polar surface area (TPSA) is 12.0 Å². The molecule has 0 fully saturated rings. The van der Waals surface area contributed by atoms with Crippen LogP contribution in [0.15, 0.2) is 0 Å². The van der Waals surface area contributed by atoms with Crippen LogP contribution >= 0.6 is 0 Å². The fourth-order valence-corrected chi connectivity index (χ4v) is 2.85. The van der Waals surface area contributed by atoms with Crippen LogP contribution < -0.4 is 5.23 Å². The Morgan fingerprint density at radius 3 is 1.10 bits per heavy atom. The third-order valence-electron chi connectivity index (χ3n) is 4.28. The van der Waals surface area contributed by atoms with Gasteiger partial charge >= 0.3 is 0 Å². The molecule has 0 unspecified atom stereocenters. The molecular weight excluding hydrogens is 241 g/mol. The van der Waals surface area contributed by atoms with Crippen molar-refractivity contribution in [2.75, 3.05) is 6.54 Å². The smallest absolute Gasteiger partial charge is 0.181 e. The van der Waals surface area contributed by atoms with E-state index in [1.807, 2.05) is 7.98 Å². The third kappa shape index (κ3) is 18.0. The maximum absolute atomic E-state index is 3.22. The van der Waals surface area contributed by atoms with Crippen molar-refractivity contribution in [2.45, 2.75) is 110 Å². The van der Waals surface area contributed by atoms with Crippen LogP contribution in [-0.4, -0.2) is 14.5 Å². The Morgan fingerprint density at radius 1 is 0.500 bits per heavy atom. The van der Waals surface area contributed by atoms with Crippen molar-refractivity contribution >= 4 is 7.98 Å². The van der Waals surface area contributed by atoms with Gasteiger partial charge in [0.2, 0.25) is 0 Å². The maximum atomic E-state index is 3.22. The van der Waals surface area contributed by atoms with Gasteiger partial charge in [-0.3, -0.25) is 0 Å². The Labute approximate surface area is 130 Å². The Morgan fingerprint density at radius 2 is 0.800 bits per heavy atom. The van der Waals surface area contributed by atoms with E-state index in [-0.39, 0.29) is 0 Å². The van der Waals surface area contributed by atoms with Crippen LogP contribution in [0, 0.1) is 0 Å². The lowest BCUT2D eigenvalue weighted by atomic mass is 10.0. The van der Waals surface area contributed by atoms with E-state index >= 15 is 0 Å². The predicted molar refractivity (Wildman–Crippen MR) is 96.1 cm³/mol. The van der Waals surface area contributed by atoms with Gasteiger partial charge in [-0.1, -0.05) is 103 Å². The molecule has 0 aromatic heterocycles. The van der Waals surface area contributed by atoms with Gasteiger partial charge in [0, 0.05) is 0 Å².